The first-order chi connectivity index (χ1) is 13.8. The molecule has 0 aliphatic carbocycles. The van der Waals surface area contributed by atoms with Crippen molar-refractivity contribution in [2.24, 2.45) is 0 Å². The molecule has 2 rings (SSSR count). The maximum atomic E-state index is 12.6. The van der Waals surface area contributed by atoms with Gasteiger partial charge in [0, 0.05) is 6.07 Å². The summed E-state index contributed by atoms with van der Waals surface area (Å²) >= 11 is 0. The van der Waals surface area contributed by atoms with E-state index in [-0.39, 0.29) is 23.5 Å². The molecule has 0 amide bonds. The Balaban J connectivity index is 2.31. The summed E-state index contributed by atoms with van der Waals surface area (Å²) in [6, 6.07) is 10.6. The Hall–Kier alpha value is -3.87. The molecule has 0 spiro atoms. The van der Waals surface area contributed by atoms with Gasteiger partial charge in [0.15, 0.2) is 11.9 Å². The van der Waals surface area contributed by atoms with Gasteiger partial charge in [-0.1, -0.05) is 30.9 Å². The van der Waals surface area contributed by atoms with E-state index >= 15 is 0 Å². The van der Waals surface area contributed by atoms with Gasteiger partial charge in [-0.3, -0.25) is 4.79 Å². The lowest BCUT2D eigenvalue weighted by atomic mass is 10.1. The number of rotatable bonds is 10. The van der Waals surface area contributed by atoms with E-state index in [1.54, 1.807) is 24.3 Å². The van der Waals surface area contributed by atoms with E-state index < -0.39 is 23.8 Å². The molecule has 0 saturated heterocycles. The van der Waals surface area contributed by atoms with Crippen molar-refractivity contribution in [1.29, 1.82) is 0 Å². The van der Waals surface area contributed by atoms with Gasteiger partial charge in [-0.05, 0) is 42.8 Å². The van der Waals surface area contributed by atoms with Gasteiger partial charge in [-0.25, -0.2) is 9.59 Å². The second-order valence-corrected chi connectivity index (χ2v) is 5.98. The summed E-state index contributed by atoms with van der Waals surface area (Å²) in [6.07, 6.45) is 3.11. The molecule has 2 aromatic carbocycles. The van der Waals surface area contributed by atoms with E-state index in [4.69, 9.17) is 19.7 Å². The van der Waals surface area contributed by atoms with Crippen LogP contribution in [0.1, 0.15) is 33.2 Å². The second kappa shape index (κ2) is 9.89. The molecule has 150 valence electrons. The number of benzene rings is 2. The fraction of sp³-hybridized carbons (Fsp3) is 0.136. The summed E-state index contributed by atoms with van der Waals surface area (Å²) < 4.78 is 10.8. The van der Waals surface area contributed by atoms with Gasteiger partial charge in [0.1, 0.15) is 18.1 Å². The van der Waals surface area contributed by atoms with Crippen molar-refractivity contribution in [3.63, 3.8) is 0 Å². The van der Waals surface area contributed by atoms with Crippen molar-refractivity contribution < 1.29 is 34.1 Å². The van der Waals surface area contributed by atoms with Crippen LogP contribution in [0.4, 0.5) is 0 Å². The van der Waals surface area contributed by atoms with E-state index in [1.165, 1.54) is 43.3 Å². The Kier molecular flexibility index (Phi) is 7.31. The van der Waals surface area contributed by atoms with Crippen LogP contribution in [0.3, 0.4) is 0 Å². The number of carboxylic acids is 2. The molecule has 2 N–H and O–H groups in total. The topological polar surface area (TPSA) is 110 Å². The monoisotopic (exact) mass is 396 g/mol. The highest BCUT2D eigenvalue weighted by Gasteiger charge is 2.18. The van der Waals surface area contributed by atoms with Crippen molar-refractivity contribution in [1.82, 2.24) is 0 Å². The number of allylic oxidation sites excluding steroid dienone is 1. The van der Waals surface area contributed by atoms with Crippen LogP contribution in [0.25, 0.3) is 6.08 Å². The number of aliphatic carboxylic acids is 1. The predicted molar refractivity (Wildman–Crippen MR) is 107 cm³/mol. The zero-order valence-electron chi connectivity index (χ0n) is 15.7. The molecule has 2 aromatic rings. The SMILES string of the molecule is C=CCOc1ccc(C(=O)/C=C/c2cccc(C(=O)O)c2)c(OC(C)C(=O)O)c1. The van der Waals surface area contributed by atoms with Crippen LogP contribution >= 0.6 is 0 Å². The van der Waals surface area contributed by atoms with Gasteiger partial charge in [0.25, 0.3) is 0 Å². The fourth-order valence-electron chi connectivity index (χ4n) is 2.33. The minimum atomic E-state index is -1.18. The minimum absolute atomic E-state index is 0.0652. The number of ketones is 1. The van der Waals surface area contributed by atoms with Crippen LogP contribution in [0.5, 0.6) is 11.5 Å². The van der Waals surface area contributed by atoms with Crippen LogP contribution < -0.4 is 9.47 Å². The van der Waals surface area contributed by atoms with Crippen LogP contribution in [-0.2, 0) is 4.79 Å². The van der Waals surface area contributed by atoms with E-state index in [0.29, 0.717) is 11.3 Å². The molecule has 29 heavy (non-hydrogen) atoms. The highest BCUT2D eigenvalue weighted by atomic mass is 16.5. The summed E-state index contributed by atoms with van der Waals surface area (Å²) in [5, 5.41) is 18.1. The van der Waals surface area contributed by atoms with Crippen LogP contribution in [0, 0.1) is 0 Å². The highest BCUT2D eigenvalue weighted by Crippen LogP contribution is 2.27. The second-order valence-electron chi connectivity index (χ2n) is 5.98. The first kappa shape index (κ1) is 21.4. The largest absolute Gasteiger partial charge is 0.489 e. The average Bonchev–Trinajstić information content (AvgIpc) is 2.70. The maximum Gasteiger partial charge on any atom is 0.344 e. The molecular formula is C22H20O7. The lowest BCUT2D eigenvalue weighted by molar-refractivity contribution is -0.144. The van der Waals surface area contributed by atoms with Gasteiger partial charge in [0.05, 0.1) is 11.1 Å². The first-order valence-electron chi connectivity index (χ1n) is 8.64. The van der Waals surface area contributed by atoms with Crippen molar-refractivity contribution in [2.45, 2.75) is 13.0 Å². The van der Waals surface area contributed by atoms with Gasteiger partial charge in [-0.15, -0.1) is 0 Å². The molecule has 7 heteroatoms. The molecule has 1 atom stereocenters. The van der Waals surface area contributed by atoms with E-state index in [1.807, 2.05) is 0 Å². The summed E-state index contributed by atoms with van der Waals surface area (Å²) in [4.78, 5) is 34.8. The normalized spacial score (nSPS) is 11.6. The Morgan fingerprint density at radius 1 is 1.14 bits per heavy atom. The fourth-order valence-corrected chi connectivity index (χ4v) is 2.33. The van der Waals surface area contributed by atoms with Gasteiger partial charge < -0.3 is 19.7 Å². The molecule has 0 aliphatic rings. The first-order valence-corrected chi connectivity index (χ1v) is 8.64. The Labute approximate surface area is 167 Å². The number of carboxylic acid groups (broad SMARTS) is 2. The Morgan fingerprint density at radius 2 is 1.90 bits per heavy atom. The van der Waals surface area contributed by atoms with Crippen molar-refractivity contribution in [3.05, 3.63) is 77.9 Å². The van der Waals surface area contributed by atoms with E-state index in [9.17, 15) is 14.4 Å². The van der Waals surface area contributed by atoms with Gasteiger partial charge in [-0.2, -0.15) is 0 Å². The molecule has 0 heterocycles. The number of hydrogen-bond donors (Lipinski definition) is 2. The van der Waals surface area contributed by atoms with Crippen molar-refractivity contribution in [2.75, 3.05) is 6.61 Å². The van der Waals surface area contributed by atoms with Gasteiger partial charge >= 0.3 is 11.9 Å². The molecule has 0 aliphatic heterocycles. The number of carbonyl (C=O) groups excluding carboxylic acids is 1. The zero-order valence-corrected chi connectivity index (χ0v) is 15.7. The zero-order chi connectivity index (χ0) is 21.4. The predicted octanol–water partition coefficient (Wildman–Crippen LogP) is 3.70. The molecule has 1 unspecified atom stereocenters. The van der Waals surface area contributed by atoms with Crippen LogP contribution in [-0.4, -0.2) is 40.6 Å². The number of aromatic carboxylic acids is 1. The average molecular weight is 396 g/mol. The quantitative estimate of drug-likeness (QED) is 0.358. The molecule has 0 saturated carbocycles. The Bertz CT molecular complexity index is 959. The third kappa shape index (κ3) is 6.07. The molecule has 7 nitrogen and oxygen atoms in total. The van der Waals surface area contributed by atoms with Crippen LogP contribution in [0.15, 0.2) is 61.2 Å². The third-order valence-electron chi connectivity index (χ3n) is 3.80. The molecule has 0 radical (unpaired) electrons. The summed E-state index contributed by atoms with van der Waals surface area (Å²) in [7, 11) is 0. The number of hydrogen-bond acceptors (Lipinski definition) is 5. The summed E-state index contributed by atoms with van der Waals surface area (Å²) in [5.74, 6) is -2.22. The third-order valence-corrected chi connectivity index (χ3v) is 3.80. The molecule has 0 bridgehead atoms. The number of ether oxygens (including phenoxy) is 2. The molecule has 0 aromatic heterocycles. The standard InChI is InChI=1S/C22H20O7/c1-3-11-28-17-8-9-18(20(13-17)29-14(2)21(24)25)19(23)10-7-15-5-4-6-16(12-15)22(26)27/h3-10,12-14H,1,11H2,2H3,(H,24,25)(H,26,27)/b10-7+. The Morgan fingerprint density at radius 3 is 2.55 bits per heavy atom. The maximum absolute atomic E-state index is 12.6. The highest BCUT2D eigenvalue weighted by molar-refractivity contribution is 6.08. The molecule has 0 fully saturated rings. The van der Waals surface area contributed by atoms with Gasteiger partial charge in [0.2, 0.25) is 0 Å². The van der Waals surface area contributed by atoms with Crippen LogP contribution in [0.2, 0.25) is 0 Å². The van der Waals surface area contributed by atoms with E-state index in [2.05, 4.69) is 6.58 Å². The van der Waals surface area contributed by atoms with Crippen molar-refractivity contribution >= 4 is 23.8 Å². The lowest BCUT2D eigenvalue weighted by Crippen LogP contribution is -2.23. The summed E-state index contributed by atoms with van der Waals surface area (Å²) in [6.45, 7) is 5.14. The smallest absolute Gasteiger partial charge is 0.344 e. The lowest BCUT2D eigenvalue weighted by Gasteiger charge is -2.15. The van der Waals surface area contributed by atoms with E-state index in [0.717, 1.165) is 0 Å². The molecular weight excluding hydrogens is 376 g/mol. The minimum Gasteiger partial charge on any atom is -0.489 e. The number of carbonyl (C=O) groups is 3. The summed E-state index contributed by atoms with van der Waals surface area (Å²) in [5.41, 5.74) is 0.780. The van der Waals surface area contributed by atoms with Crippen molar-refractivity contribution in [3.8, 4) is 11.5 Å².